The van der Waals surface area contributed by atoms with E-state index in [2.05, 4.69) is 11.9 Å². The molecule has 1 amide bonds. The maximum absolute atomic E-state index is 13.0. The van der Waals surface area contributed by atoms with E-state index in [4.69, 9.17) is 4.74 Å². The Balaban J connectivity index is 1.73. The molecule has 0 spiro atoms. The third-order valence-electron chi connectivity index (χ3n) is 4.19. The Morgan fingerprint density at radius 3 is 2.88 bits per heavy atom. The highest BCUT2D eigenvalue weighted by molar-refractivity contribution is 7.13. The molecule has 128 valence electrons. The molecule has 1 aromatic heterocycles. The van der Waals surface area contributed by atoms with Crippen molar-refractivity contribution in [2.75, 3.05) is 19.7 Å². The number of thiazole rings is 1. The van der Waals surface area contributed by atoms with Crippen molar-refractivity contribution in [3.8, 4) is 0 Å². The third kappa shape index (κ3) is 3.82. The first-order valence-electron chi connectivity index (χ1n) is 8.18. The standard InChI is InChI=1S/C18H21FN2O2S/c1-3-15-11-21(8-9-23-15)18(22)17-12(2)20-16(24-17)10-13-4-6-14(19)7-5-13/h4-7,15H,3,8-11H2,1-2H3/t15-/m1/s1. The predicted molar refractivity (Wildman–Crippen MR) is 92.0 cm³/mol. The molecule has 0 aliphatic carbocycles. The van der Waals surface area contributed by atoms with Gasteiger partial charge in [0.15, 0.2) is 0 Å². The average Bonchev–Trinajstić information content (AvgIpc) is 2.96. The molecule has 0 N–H and O–H groups in total. The number of rotatable bonds is 4. The van der Waals surface area contributed by atoms with Crippen molar-refractivity contribution < 1.29 is 13.9 Å². The van der Waals surface area contributed by atoms with Crippen LogP contribution >= 0.6 is 11.3 Å². The van der Waals surface area contributed by atoms with Gasteiger partial charge in [-0.15, -0.1) is 11.3 Å². The summed E-state index contributed by atoms with van der Waals surface area (Å²) in [6.07, 6.45) is 1.63. The van der Waals surface area contributed by atoms with Crippen LogP contribution in [0.3, 0.4) is 0 Å². The van der Waals surface area contributed by atoms with E-state index in [9.17, 15) is 9.18 Å². The Hall–Kier alpha value is -1.79. The van der Waals surface area contributed by atoms with Gasteiger partial charge in [-0.1, -0.05) is 19.1 Å². The number of aryl methyl sites for hydroxylation is 1. The van der Waals surface area contributed by atoms with Crippen LogP contribution in [0.25, 0.3) is 0 Å². The summed E-state index contributed by atoms with van der Waals surface area (Å²) in [5.74, 6) is -0.208. The Kier molecular flexibility index (Phi) is 5.26. The fourth-order valence-electron chi connectivity index (χ4n) is 2.80. The lowest BCUT2D eigenvalue weighted by Gasteiger charge is -2.32. The summed E-state index contributed by atoms with van der Waals surface area (Å²) in [6.45, 7) is 5.79. The topological polar surface area (TPSA) is 42.4 Å². The number of hydrogen-bond acceptors (Lipinski definition) is 4. The summed E-state index contributed by atoms with van der Waals surface area (Å²) >= 11 is 1.43. The highest BCUT2D eigenvalue weighted by Gasteiger charge is 2.26. The summed E-state index contributed by atoms with van der Waals surface area (Å²) in [6, 6.07) is 6.39. The average molecular weight is 348 g/mol. The Bertz CT molecular complexity index is 714. The summed E-state index contributed by atoms with van der Waals surface area (Å²) in [5, 5.41) is 0.878. The Morgan fingerprint density at radius 2 is 2.17 bits per heavy atom. The maximum Gasteiger partial charge on any atom is 0.266 e. The first-order chi connectivity index (χ1) is 11.6. The van der Waals surface area contributed by atoms with E-state index in [0.717, 1.165) is 22.7 Å². The second kappa shape index (κ2) is 7.40. The number of carbonyl (C=O) groups excluding carboxylic acids is 1. The normalized spacial score (nSPS) is 18.0. The molecule has 2 aromatic rings. The van der Waals surface area contributed by atoms with Crippen LogP contribution in [-0.2, 0) is 11.2 Å². The molecule has 1 fully saturated rings. The quantitative estimate of drug-likeness (QED) is 0.850. The van der Waals surface area contributed by atoms with E-state index in [-0.39, 0.29) is 17.8 Å². The first-order valence-corrected chi connectivity index (χ1v) is 9.00. The maximum atomic E-state index is 13.0. The monoisotopic (exact) mass is 348 g/mol. The summed E-state index contributed by atoms with van der Waals surface area (Å²) in [7, 11) is 0. The number of carbonyl (C=O) groups is 1. The molecule has 4 nitrogen and oxygen atoms in total. The third-order valence-corrected chi connectivity index (χ3v) is 5.33. The highest BCUT2D eigenvalue weighted by atomic mass is 32.1. The Labute approximate surface area is 145 Å². The second-order valence-electron chi connectivity index (χ2n) is 5.98. The van der Waals surface area contributed by atoms with Gasteiger partial charge in [-0.25, -0.2) is 9.37 Å². The van der Waals surface area contributed by atoms with Gasteiger partial charge in [-0.3, -0.25) is 4.79 Å². The lowest BCUT2D eigenvalue weighted by Crippen LogP contribution is -2.45. The fraction of sp³-hybridized carbons (Fsp3) is 0.444. The number of aromatic nitrogens is 1. The number of nitrogens with zero attached hydrogens (tertiary/aromatic N) is 2. The van der Waals surface area contributed by atoms with Crippen LogP contribution in [0.1, 0.15) is 39.3 Å². The molecule has 0 saturated carbocycles. The largest absolute Gasteiger partial charge is 0.375 e. The molecule has 3 rings (SSSR count). The zero-order chi connectivity index (χ0) is 17.1. The van der Waals surface area contributed by atoms with Gasteiger partial charge < -0.3 is 9.64 Å². The van der Waals surface area contributed by atoms with E-state index in [1.54, 1.807) is 12.1 Å². The summed E-state index contributed by atoms with van der Waals surface area (Å²) in [5.41, 5.74) is 1.75. The van der Waals surface area contributed by atoms with Crippen molar-refractivity contribution in [2.45, 2.75) is 32.8 Å². The number of amides is 1. The molecular weight excluding hydrogens is 327 g/mol. The zero-order valence-corrected chi connectivity index (χ0v) is 14.7. The molecule has 1 atom stereocenters. The molecule has 2 heterocycles. The first kappa shape index (κ1) is 17.0. The minimum Gasteiger partial charge on any atom is -0.375 e. The fourth-order valence-corrected chi connectivity index (χ4v) is 3.86. The molecule has 0 radical (unpaired) electrons. The molecule has 0 bridgehead atoms. The van der Waals surface area contributed by atoms with Crippen LogP contribution in [0.15, 0.2) is 24.3 Å². The van der Waals surface area contributed by atoms with Crippen LogP contribution in [0.4, 0.5) is 4.39 Å². The van der Waals surface area contributed by atoms with Gasteiger partial charge in [0.2, 0.25) is 0 Å². The van der Waals surface area contributed by atoms with Gasteiger partial charge in [0.1, 0.15) is 10.7 Å². The lowest BCUT2D eigenvalue weighted by atomic mass is 10.1. The van der Waals surface area contributed by atoms with Crippen LogP contribution in [0.2, 0.25) is 0 Å². The molecule has 1 aliphatic rings. The molecular formula is C18H21FN2O2S. The van der Waals surface area contributed by atoms with E-state index >= 15 is 0 Å². The summed E-state index contributed by atoms with van der Waals surface area (Å²) < 4.78 is 18.6. The lowest BCUT2D eigenvalue weighted by molar-refractivity contribution is -0.0224. The zero-order valence-electron chi connectivity index (χ0n) is 13.9. The van der Waals surface area contributed by atoms with Crippen molar-refractivity contribution in [3.05, 3.63) is 51.2 Å². The number of halogens is 1. The second-order valence-corrected chi connectivity index (χ2v) is 7.06. The van der Waals surface area contributed by atoms with Crippen LogP contribution in [0, 0.1) is 12.7 Å². The SMILES string of the molecule is CC[C@@H]1CN(C(=O)c2sc(Cc3ccc(F)cc3)nc2C)CCO1. The van der Waals surface area contributed by atoms with Crippen LogP contribution in [-0.4, -0.2) is 41.6 Å². The highest BCUT2D eigenvalue weighted by Crippen LogP contribution is 2.23. The molecule has 6 heteroatoms. The molecule has 24 heavy (non-hydrogen) atoms. The van der Waals surface area contributed by atoms with Crippen LogP contribution in [0.5, 0.6) is 0 Å². The van der Waals surface area contributed by atoms with Gasteiger partial charge in [-0.05, 0) is 31.0 Å². The number of hydrogen-bond donors (Lipinski definition) is 0. The number of benzene rings is 1. The minimum atomic E-state index is -0.247. The van der Waals surface area contributed by atoms with Crippen molar-refractivity contribution in [2.24, 2.45) is 0 Å². The number of ether oxygens (including phenoxy) is 1. The van der Waals surface area contributed by atoms with Gasteiger partial charge in [-0.2, -0.15) is 0 Å². The van der Waals surface area contributed by atoms with Gasteiger partial charge in [0.25, 0.3) is 5.91 Å². The van der Waals surface area contributed by atoms with Crippen LogP contribution < -0.4 is 0 Å². The number of morpholine rings is 1. The van der Waals surface area contributed by atoms with E-state index < -0.39 is 0 Å². The van der Waals surface area contributed by atoms with Crippen molar-refractivity contribution in [3.63, 3.8) is 0 Å². The Morgan fingerprint density at radius 1 is 1.42 bits per heavy atom. The van der Waals surface area contributed by atoms with Crippen molar-refractivity contribution in [1.82, 2.24) is 9.88 Å². The predicted octanol–water partition coefficient (Wildman–Crippen LogP) is 3.43. The smallest absolute Gasteiger partial charge is 0.266 e. The molecule has 1 saturated heterocycles. The van der Waals surface area contributed by atoms with Crippen molar-refractivity contribution in [1.29, 1.82) is 0 Å². The minimum absolute atomic E-state index is 0.0390. The van der Waals surface area contributed by atoms with E-state index in [1.165, 1.54) is 23.5 Å². The van der Waals surface area contributed by atoms with E-state index in [0.29, 0.717) is 31.0 Å². The van der Waals surface area contributed by atoms with Gasteiger partial charge in [0.05, 0.1) is 23.4 Å². The van der Waals surface area contributed by atoms with E-state index in [1.807, 2.05) is 11.8 Å². The molecule has 0 unspecified atom stereocenters. The van der Waals surface area contributed by atoms with Gasteiger partial charge in [0, 0.05) is 19.5 Å². The van der Waals surface area contributed by atoms with Crippen molar-refractivity contribution >= 4 is 17.2 Å². The molecule has 1 aliphatic heterocycles. The molecule has 1 aromatic carbocycles. The van der Waals surface area contributed by atoms with Gasteiger partial charge >= 0.3 is 0 Å². The summed E-state index contributed by atoms with van der Waals surface area (Å²) in [4.78, 5) is 19.9.